The Morgan fingerprint density at radius 2 is 1.95 bits per heavy atom. The maximum absolute atomic E-state index is 12.5. The SMILES string of the molecule is Cc1ccc(C)c(C(=O)N2CCC(C(C)O)CC2)c1. The van der Waals surface area contributed by atoms with Crippen LogP contribution < -0.4 is 0 Å². The van der Waals surface area contributed by atoms with E-state index in [1.807, 2.05) is 43.9 Å². The Balaban J connectivity index is 2.07. The summed E-state index contributed by atoms with van der Waals surface area (Å²) in [5.74, 6) is 0.466. The summed E-state index contributed by atoms with van der Waals surface area (Å²) in [6.45, 7) is 7.33. The van der Waals surface area contributed by atoms with Crippen molar-refractivity contribution in [3.63, 3.8) is 0 Å². The zero-order valence-electron chi connectivity index (χ0n) is 12.0. The van der Waals surface area contributed by atoms with E-state index in [9.17, 15) is 9.90 Å². The van der Waals surface area contributed by atoms with Crippen molar-refractivity contribution in [3.05, 3.63) is 34.9 Å². The molecule has 0 aliphatic carbocycles. The minimum absolute atomic E-state index is 0.130. The van der Waals surface area contributed by atoms with Gasteiger partial charge in [-0.2, -0.15) is 0 Å². The topological polar surface area (TPSA) is 40.5 Å². The number of carbonyl (C=O) groups excluding carboxylic acids is 1. The summed E-state index contributed by atoms with van der Waals surface area (Å²) in [4.78, 5) is 14.4. The van der Waals surface area contributed by atoms with Crippen LogP contribution >= 0.6 is 0 Å². The van der Waals surface area contributed by atoms with Crippen molar-refractivity contribution < 1.29 is 9.90 Å². The lowest BCUT2D eigenvalue weighted by Crippen LogP contribution is -2.41. The summed E-state index contributed by atoms with van der Waals surface area (Å²) in [5.41, 5.74) is 2.97. The largest absolute Gasteiger partial charge is 0.393 e. The number of rotatable bonds is 2. The molecule has 1 fully saturated rings. The van der Waals surface area contributed by atoms with Crippen LogP contribution in [0, 0.1) is 19.8 Å². The summed E-state index contributed by atoms with van der Waals surface area (Å²) in [6.07, 6.45) is 1.53. The highest BCUT2D eigenvalue weighted by Crippen LogP contribution is 2.23. The Morgan fingerprint density at radius 1 is 1.32 bits per heavy atom. The number of benzene rings is 1. The Kier molecular flexibility index (Phi) is 4.25. The number of nitrogens with zero attached hydrogens (tertiary/aromatic N) is 1. The maximum atomic E-state index is 12.5. The minimum Gasteiger partial charge on any atom is -0.393 e. The summed E-state index contributed by atoms with van der Waals surface area (Å²) in [6, 6.07) is 6.01. The minimum atomic E-state index is -0.266. The lowest BCUT2D eigenvalue weighted by atomic mass is 9.91. The van der Waals surface area contributed by atoms with E-state index in [1.165, 1.54) is 0 Å². The molecule has 0 bridgehead atoms. The third-order valence-electron chi connectivity index (χ3n) is 4.13. The molecule has 1 aromatic rings. The summed E-state index contributed by atoms with van der Waals surface area (Å²) < 4.78 is 0. The van der Waals surface area contributed by atoms with Crippen molar-refractivity contribution in [2.24, 2.45) is 5.92 Å². The monoisotopic (exact) mass is 261 g/mol. The molecule has 104 valence electrons. The van der Waals surface area contributed by atoms with Crippen LogP contribution in [0.5, 0.6) is 0 Å². The first kappa shape index (κ1) is 14.1. The van der Waals surface area contributed by atoms with E-state index >= 15 is 0 Å². The van der Waals surface area contributed by atoms with Crippen LogP contribution in [0.1, 0.15) is 41.3 Å². The Hall–Kier alpha value is -1.35. The number of carbonyl (C=O) groups is 1. The van der Waals surface area contributed by atoms with Crippen molar-refractivity contribution in [1.29, 1.82) is 0 Å². The lowest BCUT2D eigenvalue weighted by Gasteiger charge is -2.33. The van der Waals surface area contributed by atoms with E-state index in [1.54, 1.807) is 0 Å². The molecule has 2 rings (SSSR count). The average Bonchev–Trinajstić information content (AvgIpc) is 2.41. The first-order valence-corrected chi connectivity index (χ1v) is 7.03. The normalized spacial score (nSPS) is 18.4. The molecule has 1 N–H and O–H groups in total. The number of hydrogen-bond donors (Lipinski definition) is 1. The summed E-state index contributed by atoms with van der Waals surface area (Å²) in [7, 11) is 0. The predicted molar refractivity (Wildman–Crippen MR) is 76.2 cm³/mol. The number of hydrogen-bond acceptors (Lipinski definition) is 2. The van der Waals surface area contributed by atoms with Crippen LogP contribution in [0.3, 0.4) is 0 Å². The zero-order valence-corrected chi connectivity index (χ0v) is 12.0. The molecule has 0 spiro atoms. The molecule has 1 atom stereocenters. The lowest BCUT2D eigenvalue weighted by molar-refractivity contribution is 0.0521. The van der Waals surface area contributed by atoms with E-state index in [0.717, 1.165) is 42.6 Å². The number of aliphatic hydroxyl groups excluding tert-OH is 1. The molecule has 1 saturated heterocycles. The van der Waals surface area contributed by atoms with E-state index in [2.05, 4.69) is 0 Å². The average molecular weight is 261 g/mol. The molecule has 3 heteroatoms. The number of aliphatic hydroxyl groups is 1. The highest BCUT2D eigenvalue weighted by molar-refractivity contribution is 5.95. The van der Waals surface area contributed by atoms with Gasteiger partial charge in [-0.15, -0.1) is 0 Å². The van der Waals surface area contributed by atoms with Crippen molar-refractivity contribution in [3.8, 4) is 0 Å². The number of likely N-dealkylation sites (tertiary alicyclic amines) is 1. The Labute approximate surface area is 115 Å². The molecule has 1 aliphatic heterocycles. The molecule has 0 aromatic heterocycles. The molecular weight excluding hydrogens is 238 g/mol. The second-order valence-electron chi connectivity index (χ2n) is 5.69. The van der Waals surface area contributed by atoms with Gasteiger partial charge in [-0.05, 0) is 51.2 Å². The molecule has 1 unspecified atom stereocenters. The molecular formula is C16H23NO2. The number of amides is 1. The summed E-state index contributed by atoms with van der Waals surface area (Å²) >= 11 is 0. The van der Waals surface area contributed by atoms with Gasteiger partial charge in [0, 0.05) is 18.7 Å². The van der Waals surface area contributed by atoms with E-state index in [-0.39, 0.29) is 12.0 Å². The first-order valence-electron chi connectivity index (χ1n) is 7.03. The standard InChI is InChI=1S/C16H23NO2/c1-11-4-5-12(2)15(10-11)16(19)17-8-6-14(7-9-17)13(3)18/h4-5,10,13-14,18H,6-9H2,1-3H3. The number of piperidine rings is 1. The van der Waals surface area contributed by atoms with Gasteiger partial charge in [-0.3, -0.25) is 4.79 Å². The highest BCUT2D eigenvalue weighted by Gasteiger charge is 2.26. The van der Waals surface area contributed by atoms with Crippen LogP contribution in [0.15, 0.2) is 18.2 Å². The van der Waals surface area contributed by atoms with Gasteiger partial charge in [-0.25, -0.2) is 0 Å². The second kappa shape index (κ2) is 5.74. The van der Waals surface area contributed by atoms with Gasteiger partial charge >= 0.3 is 0 Å². The van der Waals surface area contributed by atoms with Crippen molar-refractivity contribution >= 4 is 5.91 Å². The zero-order chi connectivity index (χ0) is 14.0. The van der Waals surface area contributed by atoms with Crippen LogP contribution in [-0.4, -0.2) is 35.1 Å². The van der Waals surface area contributed by atoms with E-state index in [0.29, 0.717) is 5.92 Å². The fourth-order valence-electron chi connectivity index (χ4n) is 2.72. The smallest absolute Gasteiger partial charge is 0.254 e. The van der Waals surface area contributed by atoms with Crippen LogP contribution in [-0.2, 0) is 0 Å². The van der Waals surface area contributed by atoms with Crippen LogP contribution in [0.2, 0.25) is 0 Å². The van der Waals surface area contributed by atoms with Gasteiger partial charge < -0.3 is 10.0 Å². The van der Waals surface area contributed by atoms with Crippen molar-refractivity contribution in [2.45, 2.75) is 39.7 Å². The van der Waals surface area contributed by atoms with Crippen LogP contribution in [0.25, 0.3) is 0 Å². The third-order valence-corrected chi connectivity index (χ3v) is 4.13. The summed E-state index contributed by atoms with van der Waals surface area (Å²) in [5, 5.41) is 9.60. The van der Waals surface area contributed by atoms with E-state index in [4.69, 9.17) is 0 Å². The molecule has 1 heterocycles. The van der Waals surface area contributed by atoms with Gasteiger partial charge in [0.15, 0.2) is 0 Å². The van der Waals surface area contributed by atoms with Crippen molar-refractivity contribution in [1.82, 2.24) is 4.90 Å². The maximum Gasteiger partial charge on any atom is 0.254 e. The van der Waals surface area contributed by atoms with Gasteiger partial charge in [0.2, 0.25) is 0 Å². The fourth-order valence-corrected chi connectivity index (χ4v) is 2.72. The van der Waals surface area contributed by atoms with Gasteiger partial charge in [0.1, 0.15) is 0 Å². The van der Waals surface area contributed by atoms with Crippen molar-refractivity contribution in [2.75, 3.05) is 13.1 Å². The Morgan fingerprint density at radius 3 is 2.53 bits per heavy atom. The Bertz CT molecular complexity index is 460. The first-order chi connectivity index (χ1) is 8.99. The molecule has 1 aliphatic rings. The second-order valence-corrected chi connectivity index (χ2v) is 5.69. The molecule has 0 radical (unpaired) electrons. The third kappa shape index (κ3) is 3.16. The molecule has 1 aromatic carbocycles. The van der Waals surface area contributed by atoms with Crippen LogP contribution in [0.4, 0.5) is 0 Å². The fraction of sp³-hybridized carbons (Fsp3) is 0.562. The number of aryl methyl sites for hydroxylation is 2. The quantitative estimate of drug-likeness (QED) is 0.888. The van der Waals surface area contributed by atoms with Gasteiger partial charge in [0.05, 0.1) is 6.10 Å². The highest BCUT2D eigenvalue weighted by atomic mass is 16.3. The predicted octanol–water partition coefficient (Wildman–Crippen LogP) is 2.54. The molecule has 3 nitrogen and oxygen atoms in total. The van der Waals surface area contributed by atoms with Gasteiger partial charge in [0.25, 0.3) is 5.91 Å². The molecule has 1 amide bonds. The molecule has 19 heavy (non-hydrogen) atoms. The van der Waals surface area contributed by atoms with Gasteiger partial charge in [-0.1, -0.05) is 17.7 Å². The van der Waals surface area contributed by atoms with E-state index < -0.39 is 0 Å². The molecule has 0 saturated carbocycles.